The molecule has 1 heterocycles. The third kappa shape index (κ3) is 2.39. The highest BCUT2D eigenvalue weighted by Crippen LogP contribution is 2.25. The summed E-state index contributed by atoms with van der Waals surface area (Å²) in [6.07, 6.45) is 1.91. The molecule has 0 amide bonds. The SMILES string of the molecule is C=CCSC1=NC(C)CS1. The van der Waals surface area contributed by atoms with E-state index in [0.717, 1.165) is 11.5 Å². The number of hydrogen-bond acceptors (Lipinski definition) is 3. The van der Waals surface area contributed by atoms with Crippen molar-refractivity contribution in [3.8, 4) is 0 Å². The van der Waals surface area contributed by atoms with E-state index in [4.69, 9.17) is 0 Å². The van der Waals surface area contributed by atoms with E-state index in [0.29, 0.717) is 6.04 Å². The van der Waals surface area contributed by atoms with Gasteiger partial charge in [0.15, 0.2) is 0 Å². The van der Waals surface area contributed by atoms with Crippen LogP contribution < -0.4 is 0 Å². The standard InChI is InChI=1S/C7H11NS2/c1-3-4-9-7-8-6(2)5-10-7/h3,6H,1,4-5H2,2H3. The fourth-order valence-corrected chi connectivity index (χ4v) is 2.62. The maximum absolute atomic E-state index is 4.42. The molecule has 1 atom stereocenters. The lowest BCUT2D eigenvalue weighted by atomic mass is 10.4. The molecule has 0 fully saturated rings. The fourth-order valence-electron chi connectivity index (χ4n) is 0.656. The van der Waals surface area contributed by atoms with E-state index in [-0.39, 0.29) is 0 Å². The average Bonchev–Trinajstić information content (AvgIpc) is 2.31. The van der Waals surface area contributed by atoms with Crippen molar-refractivity contribution in [3.05, 3.63) is 12.7 Å². The lowest BCUT2D eigenvalue weighted by Crippen LogP contribution is -1.92. The van der Waals surface area contributed by atoms with Crippen molar-refractivity contribution in [2.24, 2.45) is 4.99 Å². The zero-order valence-electron chi connectivity index (χ0n) is 6.04. The first-order valence-electron chi connectivity index (χ1n) is 3.27. The quantitative estimate of drug-likeness (QED) is 0.594. The Hall–Kier alpha value is 0.110. The van der Waals surface area contributed by atoms with Gasteiger partial charge in [-0.1, -0.05) is 29.6 Å². The summed E-state index contributed by atoms with van der Waals surface area (Å²) in [5.74, 6) is 2.14. The normalized spacial score (nSPS) is 24.5. The van der Waals surface area contributed by atoms with Gasteiger partial charge in [-0.05, 0) is 6.92 Å². The Morgan fingerprint density at radius 3 is 3.30 bits per heavy atom. The Morgan fingerprint density at radius 2 is 2.80 bits per heavy atom. The predicted molar refractivity (Wildman–Crippen MR) is 52.0 cm³/mol. The third-order valence-electron chi connectivity index (χ3n) is 1.10. The largest absolute Gasteiger partial charge is 0.268 e. The van der Waals surface area contributed by atoms with Gasteiger partial charge in [-0.2, -0.15) is 0 Å². The van der Waals surface area contributed by atoms with E-state index < -0.39 is 0 Å². The summed E-state index contributed by atoms with van der Waals surface area (Å²) in [7, 11) is 0. The van der Waals surface area contributed by atoms with Gasteiger partial charge in [0.25, 0.3) is 0 Å². The summed E-state index contributed by atoms with van der Waals surface area (Å²) in [6, 6.07) is 0.525. The minimum absolute atomic E-state index is 0.525. The molecule has 0 saturated carbocycles. The molecule has 56 valence electrons. The molecule has 0 aromatic rings. The smallest absolute Gasteiger partial charge is 0.125 e. The molecule has 3 heteroatoms. The number of nitrogens with zero attached hydrogens (tertiary/aromatic N) is 1. The van der Waals surface area contributed by atoms with Crippen LogP contribution in [-0.2, 0) is 0 Å². The van der Waals surface area contributed by atoms with Gasteiger partial charge in [-0.15, -0.1) is 6.58 Å². The molecule has 0 aromatic carbocycles. The van der Waals surface area contributed by atoms with E-state index in [1.165, 1.54) is 4.38 Å². The predicted octanol–water partition coefficient (Wildman–Crippen LogP) is 2.40. The van der Waals surface area contributed by atoms with E-state index in [2.05, 4.69) is 18.5 Å². The van der Waals surface area contributed by atoms with Gasteiger partial charge in [0.2, 0.25) is 0 Å². The van der Waals surface area contributed by atoms with E-state index in [1.807, 2.05) is 17.8 Å². The first kappa shape index (κ1) is 8.21. The van der Waals surface area contributed by atoms with Gasteiger partial charge in [-0.25, -0.2) is 0 Å². The van der Waals surface area contributed by atoms with E-state index in [9.17, 15) is 0 Å². The summed E-state index contributed by atoms with van der Waals surface area (Å²) in [5.41, 5.74) is 0. The molecule has 0 bridgehead atoms. The van der Waals surface area contributed by atoms with Crippen molar-refractivity contribution in [3.63, 3.8) is 0 Å². The van der Waals surface area contributed by atoms with Crippen molar-refractivity contribution < 1.29 is 0 Å². The van der Waals surface area contributed by atoms with Crippen LogP contribution in [0.1, 0.15) is 6.92 Å². The van der Waals surface area contributed by atoms with Crippen LogP contribution in [0.2, 0.25) is 0 Å². The fraction of sp³-hybridized carbons (Fsp3) is 0.571. The number of rotatable bonds is 2. The van der Waals surface area contributed by atoms with Crippen LogP contribution in [0.25, 0.3) is 0 Å². The zero-order chi connectivity index (χ0) is 7.40. The van der Waals surface area contributed by atoms with Crippen LogP contribution in [0.4, 0.5) is 0 Å². The molecule has 0 saturated heterocycles. The minimum Gasteiger partial charge on any atom is -0.268 e. The molecule has 0 aliphatic carbocycles. The van der Waals surface area contributed by atoms with Crippen molar-refractivity contribution in [1.82, 2.24) is 0 Å². The summed E-state index contributed by atoms with van der Waals surface area (Å²) in [6.45, 7) is 5.80. The highest BCUT2D eigenvalue weighted by Gasteiger charge is 2.12. The molecule has 0 spiro atoms. The topological polar surface area (TPSA) is 12.4 Å². The molecule has 10 heavy (non-hydrogen) atoms. The van der Waals surface area contributed by atoms with Crippen LogP contribution in [0.3, 0.4) is 0 Å². The Labute approximate surface area is 70.4 Å². The van der Waals surface area contributed by atoms with Gasteiger partial charge in [0.05, 0.1) is 6.04 Å². The molecule has 0 radical (unpaired) electrons. The second kappa shape index (κ2) is 4.09. The summed E-state index contributed by atoms with van der Waals surface area (Å²) in [5, 5.41) is 0. The Kier molecular flexibility index (Phi) is 3.35. The first-order valence-corrected chi connectivity index (χ1v) is 5.24. The monoisotopic (exact) mass is 173 g/mol. The number of aliphatic imine (C=N–C) groups is 1. The molecular weight excluding hydrogens is 162 g/mol. The third-order valence-corrected chi connectivity index (χ3v) is 3.56. The van der Waals surface area contributed by atoms with Gasteiger partial charge >= 0.3 is 0 Å². The van der Waals surface area contributed by atoms with Gasteiger partial charge < -0.3 is 0 Å². The number of thioether (sulfide) groups is 2. The van der Waals surface area contributed by atoms with Crippen molar-refractivity contribution in [2.45, 2.75) is 13.0 Å². The Morgan fingerprint density at radius 1 is 2.00 bits per heavy atom. The molecule has 1 unspecified atom stereocenters. The lowest BCUT2D eigenvalue weighted by Gasteiger charge is -1.91. The Bertz CT molecular complexity index is 154. The average molecular weight is 173 g/mol. The van der Waals surface area contributed by atoms with Gasteiger partial charge in [-0.3, -0.25) is 4.99 Å². The van der Waals surface area contributed by atoms with Crippen LogP contribution in [0.5, 0.6) is 0 Å². The minimum atomic E-state index is 0.525. The molecule has 1 rings (SSSR count). The summed E-state index contributed by atoms with van der Waals surface area (Å²) in [4.78, 5) is 4.42. The first-order chi connectivity index (χ1) is 4.83. The molecule has 1 aliphatic rings. The van der Waals surface area contributed by atoms with Crippen molar-refractivity contribution in [1.29, 1.82) is 0 Å². The second-order valence-electron chi connectivity index (χ2n) is 2.15. The van der Waals surface area contributed by atoms with Gasteiger partial charge in [0.1, 0.15) is 4.38 Å². The van der Waals surface area contributed by atoms with Crippen LogP contribution >= 0.6 is 23.5 Å². The summed E-state index contributed by atoms with van der Waals surface area (Å²) >= 11 is 3.64. The molecular formula is C7H11NS2. The molecule has 1 aliphatic heterocycles. The second-order valence-corrected chi connectivity index (χ2v) is 4.43. The van der Waals surface area contributed by atoms with Crippen molar-refractivity contribution in [2.75, 3.05) is 11.5 Å². The van der Waals surface area contributed by atoms with Gasteiger partial charge in [0, 0.05) is 11.5 Å². The molecule has 0 aromatic heterocycles. The van der Waals surface area contributed by atoms with E-state index in [1.54, 1.807) is 11.8 Å². The van der Waals surface area contributed by atoms with Crippen LogP contribution in [0.15, 0.2) is 17.6 Å². The molecule has 0 N–H and O–H groups in total. The maximum Gasteiger partial charge on any atom is 0.125 e. The van der Waals surface area contributed by atoms with Crippen LogP contribution in [0, 0.1) is 0 Å². The maximum atomic E-state index is 4.42. The Balaban J connectivity index is 2.28. The summed E-state index contributed by atoms with van der Waals surface area (Å²) < 4.78 is 1.23. The van der Waals surface area contributed by atoms with Crippen molar-refractivity contribution >= 4 is 27.9 Å². The number of hydrogen-bond donors (Lipinski definition) is 0. The molecule has 1 nitrogen and oxygen atoms in total. The van der Waals surface area contributed by atoms with E-state index >= 15 is 0 Å². The highest BCUT2D eigenvalue weighted by molar-refractivity contribution is 8.39. The highest BCUT2D eigenvalue weighted by atomic mass is 32.2. The lowest BCUT2D eigenvalue weighted by molar-refractivity contribution is 0.867. The zero-order valence-corrected chi connectivity index (χ0v) is 7.67. The van der Waals surface area contributed by atoms with Crippen LogP contribution in [-0.4, -0.2) is 21.9 Å².